The maximum absolute atomic E-state index is 10.2. The van der Waals surface area contributed by atoms with Crippen molar-refractivity contribution in [3.05, 3.63) is 0 Å². The Bertz CT molecular complexity index is 117. The molecule has 4 heteroatoms. The first kappa shape index (κ1) is 10.7. The van der Waals surface area contributed by atoms with Crippen LogP contribution in [0.2, 0.25) is 0 Å². The number of nitrogens with zero attached hydrogens (tertiary/aromatic N) is 1. The minimum absolute atomic E-state index is 0.463. The number of halogens is 1. The number of unbranched alkanes of at least 4 members (excludes halogenated alkanes) is 1. The zero-order valence-electron chi connectivity index (χ0n) is 7.06. The van der Waals surface area contributed by atoms with Crippen LogP contribution in [0.4, 0.5) is 4.79 Å². The highest BCUT2D eigenvalue weighted by Crippen LogP contribution is 1.89. The van der Waals surface area contributed by atoms with Crippen LogP contribution in [0.15, 0.2) is 0 Å². The van der Waals surface area contributed by atoms with Crippen LogP contribution in [0.1, 0.15) is 12.8 Å². The van der Waals surface area contributed by atoms with Gasteiger partial charge in [0.1, 0.15) is 0 Å². The van der Waals surface area contributed by atoms with E-state index < -0.39 is 5.37 Å². The molecular weight excluding hydrogens is 164 g/mol. The molecule has 0 radical (unpaired) electrons. The van der Waals surface area contributed by atoms with E-state index in [-0.39, 0.29) is 0 Å². The van der Waals surface area contributed by atoms with Gasteiger partial charge in [-0.15, -0.1) is 0 Å². The van der Waals surface area contributed by atoms with Gasteiger partial charge in [-0.25, -0.2) is 0 Å². The van der Waals surface area contributed by atoms with Gasteiger partial charge in [-0.2, -0.15) is 0 Å². The zero-order chi connectivity index (χ0) is 8.69. The molecule has 0 aromatic carbocycles. The summed E-state index contributed by atoms with van der Waals surface area (Å²) in [5.74, 6) is 0. The predicted octanol–water partition coefficient (Wildman–Crippen LogP) is 1.28. The molecule has 1 amide bonds. The second-order valence-corrected chi connectivity index (χ2v) is 3.05. The minimum Gasteiger partial charge on any atom is -0.343 e. The molecule has 0 saturated carbocycles. The molecule has 0 aliphatic rings. The van der Waals surface area contributed by atoms with Crippen LogP contribution in [0.3, 0.4) is 0 Å². The van der Waals surface area contributed by atoms with E-state index in [4.69, 9.17) is 11.6 Å². The molecule has 0 rings (SSSR count). The van der Waals surface area contributed by atoms with E-state index in [1.165, 1.54) is 0 Å². The fourth-order valence-electron chi connectivity index (χ4n) is 0.740. The van der Waals surface area contributed by atoms with E-state index in [0.717, 1.165) is 19.4 Å². The molecule has 0 aliphatic heterocycles. The number of nitrogens with one attached hydrogen (secondary N) is 1. The van der Waals surface area contributed by atoms with Gasteiger partial charge in [0, 0.05) is 6.54 Å². The zero-order valence-corrected chi connectivity index (χ0v) is 7.82. The third-order valence-electron chi connectivity index (χ3n) is 1.30. The van der Waals surface area contributed by atoms with Crippen LogP contribution in [0.25, 0.3) is 0 Å². The van der Waals surface area contributed by atoms with Crippen molar-refractivity contribution < 1.29 is 4.79 Å². The summed E-state index contributed by atoms with van der Waals surface area (Å²) < 4.78 is 0. The summed E-state index contributed by atoms with van der Waals surface area (Å²) in [6.07, 6.45) is 2.07. The topological polar surface area (TPSA) is 32.3 Å². The van der Waals surface area contributed by atoms with Crippen molar-refractivity contribution in [3.63, 3.8) is 0 Å². The molecule has 0 aliphatic carbocycles. The van der Waals surface area contributed by atoms with E-state index in [9.17, 15) is 4.79 Å². The Kier molecular flexibility index (Phi) is 6.27. The first-order chi connectivity index (χ1) is 5.13. The summed E-state index contributed by atoms with van der Waals surface area (Å²) in [6, 6.07) is 0. The number of carbonyl (C=O) groups excluding carboxylic acids is 1. The lowest BCUT2D eigenvalue weighted by atomic mass is 10.3. The fraction of sp³-hybridized carbons (Fsp3) is 0.857. The fourth-order valence-corrected chi connectivity index (χ4v) is 0.834. The number of carbonyl (C=O) groups is 1. The van der Waals surface area contributed by atoms with Crippen LogP contribution in [-0.2, 0) is 0 Å². The maximum Gasteiger partial charge on any atom is 0.313 e. The molecule has 0 heterocycles. The largest absolute Gasteiger partial charge is 0.343 e. The van der Waals surface area contributed by atoms with Crippen LogP contribution in [0.5, 0.6) is 0 Å². The number of hydrogen-bond donors (Lipinski definition) is 1. The van der Waals surface area contributed by atoms with Gasteiger partial charge in [-0.1, -0.05) is 0 Å². The first-order valence-electron chi connectivity index (χ1n) is 3.71. The number of rotatable bonds is 5. The molecule has 66 valence electrons. The highest BCUT2D eigenvalue weighted by Gasteiger charge is 1.93. The summed E-state index contributed by atoms with van der Waals surface area (Å²) in [5, 5.41) is 2.06. The lowest BCUT2D eigenvalue weighted by molar-refractivity contribution is 0.259. The van der Waals surface area contributed by atoms with E-state index in [1.807, 2.05) is 14.1 Å². The molecule has 0 bridgehead atoms. The maximum atomic E-state index is 10.2. The van der Waals surface area contributed by atoms with Gasteiger partial charge in [0.05, 0.1) is 0 Å². The van der Waals surface area contributed by atoms with Gasteiger partial charge >= 0.3 is 5.37 Å². The van der Waals surface area contributed by atoms with Gasteiger partial charge in [-0.05, 0) is 45.1 Å². The Morgan fingerprint density at radius 2 is 2.09 bits per heavy atom. The van der Waals surface area contributed by atoms with Crippen LogP contribution < -0.4 is 5.32 Å². The summed E-state index contributed by atoms with van der Waals surface area (Å²) in [5.41, 5.74) is 0. The monoisotopic (exact) mass is 178 g/mol. The van der Waals surface area contributed by atoms with Crippen LogP contribution in [-0.4, -0.2) is 37.5 Å². The van der Waals surface area contributed by atoms with E-state index >= 15 is 0 Å². The van der Waals surface area contributed by atoms with Crippen LogP contribution >= 0.6 is 11.6 Å². The van der Waals surface area contributed by atoms with E-state index in [2.05, 4.69) is 10.2 Å². The SMILES string of the molecule is CN(C)CCCCNC(=O)Cl. The molecule has 0 aromatic heterocycles. The second-order valence-electron chi connectivity index (χ2n) is 2.71. The lowest BCUT2D eigenvalue weighted by Gasteiger charge is -2.08. The van der Waals surface area contributed by atoms with Crippen molar-refractivity contribution in [2.45, 2.75) is 12.8 Å². The van der Waals surface area contributed by atoms with Crippen molar-refractivity contribution in [2.75, 3.05) is 27.2 Å². The molecule has 0 fully saturated rings. The Morgan fingerprint density at radius 3 is 2.55 bits per heavy atom. The minimum atomic E-state index is -0.463. The number of hydrogen-bond acceptors (Lipinski definition) is 2. The third-order valence-corrected chi connectivity index (χ3v) is 1.43. The predicted molar refractivity (Wildman–Crippen MR) is 47.0 cm³/mol. The summed E-state index contributed by atoms with van der Waals surface area (Å²) >= 11 is 5.06. The van der Waals surface area contributed by atoms with E-state index in [1.54, 1.807) is 0 Å². The molecule has 0 unspecified atom stereocenters. The Hall–Kier alpha value is -0.280. The third kappa shape index (κ3) is 9.72. The normalized spacial score (nSPS) is 10.2. The van der Waals surface area contributed by atoms with Crippen molar-refractivity contribution in [3.8, 4) is 0 Å². The van der Waals surface area contributed by atoms with Crippen molar-refractivity contribution in [1.29, 1.82) is 0 Å². The first-order valence-corrected chi connectivity index (χ1v) is 4.09. The molecule has 0 saturated heterocycles. The Labute approximate surface area is 72.7 Å². The summed E-state index contributed by atoms with van der Waals surface area (Å²) in [7, 11) is 4.06. The van der Waals surface area contributed by atoms with Gasteiger partial charge in [-0.3, -0.25) is 4.79 Å². The summed E-state index contributed by atoms with van der Waals surface area (Å²) in [6.45, 7) is 1.73. The van der Waals surface area contributed by atoms with E-state index in [0.29, 0.717) is 6.54 Å². The van der Waals surface area contributed by atoms with Crippen molar-refractivity contribution in [2.24, 2.45) is 0 Å². The Balaban J connectivity index is 2.97. The highest BCUT2D eigenvalue weighted by atomic mass is 35.5. The van der Waals surface area contributed by atoms with Gasteiger partial charge in [0.25, 0.3) is 0 Å². The second kappa shape index (κ2) is 6.43. The average Bonchev–Trinajstić information content (AvgIpc) is 1.85. The molecule has 11 heavy (non-hydrogen) atoms. The smallest absolute Gasteiger partial charge is 0.313 e. The quantitative estimate of drug-likeness (QED) is 0.391. The molecule has 1 N–H and O–H groups in total. The molecule has 3 nitrogen and oxygen atoms in total. The molecular formula is C7H15ClN2O. The van der Waals surface area contributed by atoms with Gasteiger partial charge in [0.15, 0.2) is 0 Å². The lowest BCUT2D eigenvalue weighted by Crippen LogP contribution is -2.19. The molecule has 0 aromatic rings. The van der Waals surface area contributed by atoms with Gasteiger partial charge in [0.2, 0.25) is 0 Å². The summed E-state index contributed by atoms with van der Waals surface area (Å²) in [4.78, 5) is 12.3. The molecule has 0 spiro atoms. The standard InChI is InChI=1S/C7H15ClN2O/c1-10(2)6-4-3-5-9-7(8)11/h3-6H2,1-2H3,(H,9,11). The Morgan fingerprint density at radius 1 is 1.45 bits per heavy atom. The number of amides is 1. The van der Waals surface area contributed by atoms with Crippen molar-refractivity contribution in [1.82, 2.24) is 10.2 Å². The van der Waals surface area contributed by atoms with Crippen LogP contribution in [0, 0.1) is 0 Å². The van der Waals surface area contributed by atoms with Gasteiger partial charge < -0.3 is 10.2 Å². The highest BCUT2D eigenvalue weighted by molar-refractivity contribution is 6.62. The van der Waals surface area contributed by atoms with Crippen molar-refractivity contribution >= 4 is 17.0 Å². The average molecular weight is 179 g/mol. The molecule has 0 atom stereocenters.